The number of benzene rings is 1. The van der Waals surface area contributed by atoms with Crippen LogP contribution in [0.1, 0.15) is 22.3 Å². The van der Waals surface area contributed by atoms with Crippen molar-refractivity contribution in [3.8, 4) is 0 Å². The van der Waals surface area contributed by atoms with Crippen LogP contribution in [0.3, 0.4) is 0 Å². The first-order valence-corrected chi connectivity index (χ1v) is 4.08. The van der Waals surface area contributed by atoms with Crippen LogP contribution in [0.4, 0.5) is 11.4 Å². The summed E-state index contributed by atoms with van der Waals surface area (Å²) in [5, 5.41) is 0. The first-order valence-electron chi connectivity index (χ1n) is 4.08. The number of rotatable bonds is 0. The van der Waals surface area contributed by atoms with Crippen molar-refractivity contribution in [2.45, 2.75) is 27.7 Å². The Bertz CT molecular complexity index is 230. The Morgan fingerprint density at radius 2 is 0.714 bits per heavy atom. The summed E-state index contributed by atoms with van der Waals surface area (Å²) in [6, 6.07) is 0. The van der Waals surface area contributed by atoms with Gasteiger partial charge in [-0.2, -0.15) is 0 Å². The zero-order valence-corrected chi connectivity index (χ0v) is 10.6. The molecule has 0 amide bonds. The van der Waals surface area contributed by atoms with Gasteiger partial charge in [0, 0.05) is 11.4 Å². The lowest BCUT2D eigenvalue weighted by Crippen LogP contribution is -2.04. The first-order chi connectivity index (χ1) is 5.46. The lowest BCUT2D eigenvalue weighted by atomic mass is 9.97. The maximum Gasteiger partial charge on any atom is 0.0380 e. The highest BCUT2D eigenvalue weighted by Crippen LogP contribution is 2.29. The molecule has 2 nitrogen and oxygen atoms in total. The number of halogens is 2. The Hall–Kier alpha value is -0.600. The number of nitrogen functional groups attached to an aromatic ring is 2. The highest BCUT2D eigenvalue weighted by molar-refractivity contribution is 5.85. The molecule has 0 aromatic heterocycles. The van der Waals surface area contributed by atoms with Crippen LogP contribution in [-0.4, -0.2) is 0 Å². The van der Waals surface area contributed by atoms with Crippen molar-refractivity contribution in [1.29, 1.82) is 0 Å². The van der Waals surface area contributed by atoms with Gasteiger partial charge in [-0.15, -0.1) is 24.8 Å². The van der Waals surface area contributed by atoms with Crippen LogP contribution in [0.2, 0.25) is 0 Å². The molecule has 4 heteroatoms. The van der Waals surface area contributed by atoms with Crippen LogP contribution < -0.4 is 11.5 Å². The molecule has 0 fully saturated rings. The summed E-state index contributed by atoms with van der Waals surface area (Å²) in [4.78, 5) is 0. The molecule has 0 bridgehead atoms. The third-order valence-corrected chi connectivity index (χ3v) is 2.74. The summed E-state index contributed by atoms with van der Waals surface area (Å²) >= 11 is 0. The third-order valence-electron chi connectivity index (χ3n) is 2.74. The molecule has 1 aromatic carbocycles. The number of hydrogen-bond acceptors (Lipinski definition) is 2. The molecule has 0 aliphatic rings. The number of hydrogen-bond donors (Lipinski definition) is 2. The van der Waals surface area contributed by atoms with Gasteiger partial charge in [0.15, 0.2) is 0 Å². The summed E-state index contributed by atoms with van der Waals surface area (Å²) in [7, 11) is 0. The lowest BCUT2D eigenvalue weighted by Gasteiger charge is -2.14. The predicted molar refractivity (Wildman–Crippen MR) is 68.7 cm³/mol. The van der Waals surface area contributed by atoms with Crippen molar-refractivity contribution in [2.75, 3.05) is 11.5 Å². The number of anilines is 2. The van der Waals surface area contributed by atoms with Crippen LogP contribution in [-0.2, 0) is 0 Å². The molecule has 0 saturated heterocycles. The molecule has 0 saturated carbocycles. The van der Waals surface area contributed by atoms with Crippen molar-refractivity contribution >= 4 is 36.2 Å². The average Bonchev–Trinajstić information content (AvgIpc) is 2.08. The molecule has 0 aliphatic heterocycles. The molecule has 4 N–H and O–H groups in total. The second-order valence-corrected chi connectivity index (χ2v) is 3.33. The highest BCUT2D eigenvalue weighted by atomic mass is 35.5. The van der Waals surface area contributed by atoms with Gasteiger partial charge in [0.05, 0.1) is 0 Å². The average molecular weight is 237 g/mol. The summed E-state index contributed by atoms with van der Waals surface area (Å²) in [6.45, 7) is 8.03. The van der Waals surface area contributed by atoms with Gasteiger partial charge in [-0.05, 0) is 49.9 Å². The van der Waals surface area contributed by atoms with E-state index in [1.54, 1.807) is 0 Å². The second kappa shape index (κ2) is 5.32. The zero-order chi connectivity index (χ0) is 9.46. The molecule has 0 radical (unpaired) electrons. The molecular formula is C10H18Cl2N2. The Kier molecular flexibility index (Phi) is 6.03. The molecule has 0 heterocycles. The summed E-state index contributed by atoms with van der Waals surface area (Å²) in [5.74, 6) is 0. The van der Waals surface area contributed by atoms with E-state index >= 15 is 0 Å². The van der Waals surface area contributed by atoms with E-state index in [0.717, 1.165) is 33.6 Å². The van der Waals surface area contributed by atoms with E-state index in [-0.39, 0.29) is 24.8 Å². The van der Waals surface area contributed by atoms with E-state index < -0.39 is 0 Å². The Balaban J connectivity index is 0. The predicted octanol–water partition coefficient (Wildman–Crippen LogP) is 2.93. The van der Waals surface area contributed by atoms with E-state index in [9.17, 15) is 0 Å². The van der Waals surface area contributed by atoms with Crippen LogP contribution in [0.5, 0.6) is 0 Å². The van der Waals surface area contributed by atoms with E-state index in [2.05, 4.69) is 0 Å². The molecule has 0 atom stereocenters. The normalized spacial score (nSPS) is 8.86. The Morgan fingerprint density at radius 3 is 0.857 bits per heavy atom. The lowest BCUT2D eigenvalue weighted by molar-refractivity contribution is 1.26. The van der Waals surface area contributed by atoms with E-state index in [1.807, 2.05) is 27.7 Å². The van der Waals surface area contributed by atoms with Gasteiger partial charge in [-0.3, -0.25) is 0 Å². The molecular weight excluding hydrogens is 219 g/mol. The van der Waals surface area contributed by atoms with Gasteiger partial charge in [0.25, 0.3) is 0 Å². The third kappa shape index (κ3) is 2.25. The quantitative estimate of drug-likeness (QED) is 0.681. The van der Waals surface area contributed by atoms with E-state index in [0.29, 0.717) is 0 Å². The fourth-order valence-electron chi connectivity index (χ4n) is 1.37. The van der Waals surface area contributed by atoms with Gasteiger partial charge >= 0.3 is 0 Å². The topological polar surface area (TPSA) is 52.0 Å². The largest absolute Gasteiger partial charge is 0.398 e. The second-order valence-electron chi connectivity index (χ2n) is 3.33. The standard InChI is InChI=1S/C10H16N2.2ClH/c1-5-6(2)10(12)8(4)7(3)9(5)11;;/h11-12H2,1-4H3;2*1H. The van der Waals surface area contributed by atoms with Crippen molar-refractivity contribution in [3.05, 3.63) is 22.3 Å². The maximum atomic E-state index is 5.90. The highest BCUT2D eigenvalue weighted by Gasteiger charge is 2.09. The molecule has 14 heavy (non-hydrogen) atoms. The Labute approximate surface area is 97.9 Å². The van der Waals surface area contributed by atoms with Gasteiger partial charge in [-0.1, -0.05) is 0 Å². The van der Waals surface area contributed by atoms with Crippen LogP contribution in [0, 0.1) is 27.7 Å². The SMILES string of the molecule is Cc1c(C)c(N)c(C)c(C)c1N.Cl.Cl. The molecule has 1 rings (SSSR count). The molecule has 0 aliphatic carbocycles. The van der Waals surface area contributed by atoms with Crippen molar-refractivity contribution in [1.82, 2.24) is 0 Å². The van der Waals surface area contributed by atoms with Crippen LogP contribution in [0.15, 0.2) is 0 Å². The van der Waals surface area contributed by atoms with Gasteiger partial charge < -0.3 is 11.5 Å². The minimum Gasteiger partial charge on any atom is -0.398 e. The zero-order valence-electron chi connectivity index (χ0n) is 8.97. The van der Waals surface area contributed by atoms with Gasteiger partial charge in [0.2, 0.25) is 0 Å². The summed E-state index contributed by atoms with van der Waals surface area (Å²) in [6.07, 6.45) is 0. The molecule has 82 valence electrons. The van der Waals surface area contributed by atoms with Crippen molar-refractivity contribution < 1.29 is 0 Å². The summed E-state index contributed by atoms with van der Waals surface area (Å²) in [5.41, 5.74) is 18.0. The fourth-order valence-corrected chi connectivity index (χ4v) is 1.37. The minimum absolute atomic E-state index is 0. The van der Waals surface area contributed by atoms with Crippen molar-refractivity contribution in [2.24, 2.45) is 0 Å². The maximum absolute atomic E-state index is 5.90. The fraction of sp³-hybridized carbons (Fsp3) is 0.400. The first kappa shape index (κ1) is 15.9. The molecule has 0 spiro atoms. The van der Waals surface area contributed by atoms with E-state index in [1.165, 1.54) is 0 Å². The molecule has 1 aromatic rings. The van der Waals surface area contributed by atoms with E-state index in [4.69, 9.17) is 11.5 Å². The number of nitrogens with two attached hydrogens (primary N) is 2. The minimum atomic E-state index is 0. The van der Waals surface area contributed by atoms with Crippen LogP contribution in [0.25, 0.3) is 0 Å². The van der Waals surface area contributed by atoms with Crippen molar-refractivity contribution in [3.63, 3.8) is 0 Å². The Morgan fingerprint density at radius 1 is 0.571 bits per heavy atom. The molecule has 0 unspecified atom stereocenters. The van der Waals surface area contributed by atoms with Gasteiger partial charge in [-0.25, -0.2) is 0 Å². The van der Waals surface area contributed by atoms with Gasteiger partial charge in [0.1, 0.15) is 0 Å². The summed E-state index contributed by atoms with van der Waals surface area (Å²) < 4.78 is 0. The smallest absolute Gasteiger partial charge is 0.0380 e. The monoisotopic (exact) mass is 236 g/mol. The van der Waals surface area contributed by atoms with Crippen LogP contribution >= 0.6 is 24.8 Å².